The van der Waals surface area contributed by atoms with E-state index in [0.717, 1.165) is 46.9 Å². The summed E-state index contributed by atoms with van der Waals surface area (Å²) in [5.41, 5.74) is 3.02. The first-order valence-corrected chi connectivity index (χ1v) is 11.1. The van der Waals surface area contributed by atoms with Gasteiger partial charge in [-0.3, -0.25) is 10.1 Å². The lowest BCUT2D eigenvalue weighted by molar-refractivity contribution is -0.139. The lowest BCUT2D eigenvalue weighted by Crippen LogP contribution is -2.38. The molecule has 0 radical (unpaired) electrons. The number of halogens is 1. The minimum Gasteiger partial charge on any atom is -0.480 e. The number of benzene rings is 1. The summed E-state index contributed by atoms with van der Waals surface area (Å²) in [6, 6.07) is 9.11. The van der Waals surface area contributed by atoms with Crippen LogP contribution in [0, 0.1) is 0 Å². The monoisotopic (exact) mass is 431 g/mol. The molecule has 1 aromatic carbocycles. The molecule has 29 heavy (non-hydrogen) atoms. The Balaban J connectivity index is 1.77. The van der Waals surface area contributed by atoms with E-state index in [0.29, 0.717) is 19.5 Å². The van der Waals surface area contributed by atoms with Crippen molar-refractivity contribution in [3.63, 3.8) is 0 Å². The fourth-order valence-electron chi connectivity index (χ4n) is 3.24. The number of carbonyl (C=O) groups is 1. The molecule has 7 heteroatoms. The summed E-state index contributed by atoms with van der Waals surface area (Å²) < 4.78 is 2.16. The van der Waals surface area contributed by atoms with E-state index >= 15 is 0 Å². The highest BCUT2D eigenvalue weighted by Gasteiger charge is 2.19. The van der Waals surface area contributed by atoms with Crippen molar-refractivity contribution in [1.82, 2.24) is 14.9 Å². The Kier molecular flexibility index (Phi) is 7.86. The molecule has 0 saturated carbocycles. The minimum absolute atomic E-state index is 0.435. The first kappa shape index (κ1) is 21.6. The first-order valence-electron chi connectivity index (χ1n) is 9.82. The maximum atomic E-state index is 11.7. The molecule has 0 saturated heterocycles. The zero-order chi connectivity index (χ0) is 20.6. The Morgan fingerprint density at radius 1 is 1.34 bits per heavy atom. The quantitative estimate of drug-likeness (QED) is 0.458. The van der Waals surface area contributed by atoms with E-state index in [1.165, 1.54) is 0 Å². The van der Waals surface area contributed by atoms with Crippen LogP contribution in [-0.4, -0.2) is 26.7 Å². The molecule has 1 unspecified atom stereocenters. The molecule has 2 heterocycles. The highest BCUT2D eigenvalue weighted by atomic mass is 35.5. The fourth-order valence-corrected chi connectivity index (χ4v) is 4.12. The summed E-state index contributed by atoms with van der Waals surface area (Å²) in [5.74, 6) is 0.160. The fraction of sp³-hybridized carbons (Fsp3) is 0.364. The second kappa shape index (κ2) is 10.6. The summed E-state index contributed by atoms with van der Waals surface area (Å²) in [7, 11) is 0. The van der Waals surface area contributed by atoms with Crippen LogP contribution >= 0.6 is 22.9 Å². The van der Waals surface area contributed by atoms with Gasteiger partial charge in [-0.25, -0.2) is 4.98 Å². The molecule has 0 aliphatic rings. The molecular formula is C22H26ClN3O2S. The van der Waals surface area contributed by atoms with Crippen molar-refractivity contribution in [1.29, 1.82) is 0 Å². The predicted molar refractivity (Wildman–Crippen MR) is 118 cm³/mol. The second-order valence-corrected chi connectivity index (χ2v) is 8.24. The average molecular weight is 432 g/mol. The SMILES string of the molecule is CCCCc1ncc(CNC(Cc2ccsc2)C(=O)O)n1Cc1ccccc1Cl. The maximum absolute atomic E-state index is 11.7. The molecule has 5 nitrogen and oxygen atoms in total. The van der Waals surface area contributed by atoms with Crippen molar-refractivity contribution in [2.75, 3.05) is 0 Å². The van der Waals surface area contributed by atoms with Crippen LogP contribution in [0.2, 0.25) is 5.02 Å². The Morgan fingerprint density at radius 2 is 2.17 bits per heavy atom. The predicted octanol–water partition coefficient (Wildman–Crippen LogP) is 4.77. The smallest absolute Gasteiger partial charge is 0.321 e. The van der Waals surface area contributed by atoms with Crippen LogP contribution in [0.15, 0.2) is 47.3 Å². The van der Waals surface area contributed by atoms with Gasteiger partial charge < -0.3 is 9.67 Å². The number of carboxylic acids is 1. The van der Waals surface area contributed by atoms with Crippen LogP contribution in [0.25, 0.3) is 0 Å². The summed E-state index contributed by atoms with van der Waals surface area (Å²) in [6.07, 6.45) is 5.34. The lowest BCUT2D eigenvalue weighted by Gasteiger charge is -2.17. The molecule has 3 rings (SSSR count). The Hall–Kier alpha value is -2.15. The number of imidazole rings is 1. The van der Waals surface area contributed by atoms with Crippen molar-refractivity contribution in [2.24, 2.45) is 0 Å². The number of aromatic nitrogens is 2. The third-order valence-electron chi connectivity index (χ3n) is 4.91. The van der Waals surface area contributed by atoms with Crippen LogP contribution in [0.5, 0.6) is 0 Å². The van der Waals surface area contributed by atoms with Crippen molar-refractivity contribution >= 4 is 28.9 Å². The number of rotatable bonds is 11. The van der Waals surface area contributed by atoms with Crippen LogP contribution in [-0.2, 0) is 30.7 Å². The molecule has 0 bridgehead atoms. The number of hydrogen-bond acceptors (Lipinski definition) is 4. The Morgan fingerprint density at radius 3 is 2.86 bits per heavy atom. The zero-order valence-corrected chi connectivity index (χ0v) is 18.0. The molecule has 0 aliphatic carbocycles. The molecule has 154 valence electrons. The van der Waals surface area contributed by atoms with E-state index in [2.05, 4.69) is 21.8 Å². The van der Waals surface area contributed by atoms with Crippen LogP contribution in [0.3, 0.4) is 0 Å². The van der Waals surface area contributed by atoms with Gasteiger partial charge in [0.2, 0.25) is 0 Å². The summed E-state index contributed by atoms with van der Waals surface area (Å²) in [6.45, 7) is 3.22. The molecule has 0 spiro atoms. The standard InChI is InChI=1S/C22H26ClN3O2S/c1-2-3-8-21-25-13-18(26(21)14-17-6-4-5-7-19(17)23)12-24-20(22(27)28)11-16-9-10-29-15-16/h4-7,9-10,13,15,20,24H,2-3,8,11-12,14H2,1H3,(H,27,28). The minimum atomic E-state index is -0.848. The Labute approximate surface area is 180 Å². The van der Waals surface area contributed by atoms with Crippen LogP contribution in [0.1, 0.15) is 42.4 Å². The number of aliphatic carboxylic acids is 1. The van der Waals surface area contributed by atoms with Gasteiger partial charge in [-0.15, -0.1) is 0 Å². The van der Waals surface area contributed by atoms with Crippen molar-refractivity contribution in [3.05, 3.63) is 75.0 Å². The first-order chi connectivity index (χ1) is 14.1. The normalized spacial score (nSPS) is 12.2. The van der Waals surface area contributed by atoms with E-state index in [4.69, 9.17) is 11.6 Å². The topological polar surface area (TPSA) is 67.2 Å². The van der Waals surface area contributed by atoms with Crippen molar-refractivity contribution in [2.45, 2.75) is 51.7 Å². The molecular weight excluding hydrogens is 406 g/mol. The number of hydrogen-bond donors (Lipinski definition) is 2. The van der Waals surface area contributed by atoms with Gasteiger partial charge >= 0.3 is 5.97 Å². The summed E-state index contributed by atoms with van der Waals surface area (Å²) in [5, 5.41) is 17.5. The lowest BCUT2D eigenvalue weighted by atomic mass is 10.1. The average Bonchev–Trinajstić information content (AvgIpc) is 3.35. The summed E-state index contributed by atoms with van der Waals surface area (Å²) in [4.78, 5) is 16.3. The molecule has 0 aliphatic heterocycles. The van der Waals surface area contributed by atoms with Gasteiger partial charge in [0.1, 0.15) is 11.9 Å². The van der Waals surface area contributed by atoms with Gasteiger partial charge in [0.05, 0.1) is 12.2 Å². The third-order valence-corrected chi connectivity index (χ3v) is 6.01. The molecule has 0 fully saturated rings. The van der Waals surface area contributed by atoms with E-state index in [-0.39, 0.29) is 0 Å². The molecule has 2 N–H and O–H groups in total. The Bertz CT molecular complexity index is 924. The highest BCUT2D eigenvalue weighted by Crippen LogP contribution is 2.19. The maximum Gasteiger partial charge on any atom is 0.321 e. The van der Waals surface area contributed by atoms with Crippen LogP contribution < -0.4 is 5.32 Å². The number of thiophene rings is 1. The van der Waals surface area contributed by atoms with Gasteiger partial charge in [0.15, 0.2) is 0 Å². The van der Waals surface area contributed by atoms with Crippen molar-refractivity contribution in [3.8, 4) is 0 Å². The molecule has 2 aromatic heterocycles. The van der Waals surface area contributed by atoms with Gasteiger partial charge in [0.25, 0.3) is 0 Å². The third kappa shape index (κ3) is 5.92. The van der Waals surface area contributed by atoms with Gasteiger partial charge in [-0.1, -0.05) is 43.1 Å². The van der Waals surface area contributed by atoms with E-state index in [9.17, 15) is 9.90 Å². The largest absolute Gasteiger partial charge is 0.480 e. The molecule has 0 amide bonds. The van der Waals surface area contributed by atoms with E-state index < -0.39 is 12.0 Å². The van der Waals surface area contributed by atoms with Gasteiger partial charge in [0, 0.05) is 24.2 Å². The van der Waals surface area contributed by atoms with Gasteiger partial charge in [-0.05, 0) is 46.9 Å². The number of carboxylic acid groups (broad SMARTS) is 1. The molecule has 3 aromatic rings. The van der Waals surface area contributed by atoms with Gasteiger partial charge in [-0.2, -0.15) is 11.3 Å². The number of aryl methyl sites for hydroxylation is 1. The van der Waals surface area contributed by atoms with E-state index in [1.54, 1.807) is 11.3 Å². The zero-order valence-electron chi connectivity index (χ0n) is 16.5. The highest BCUT2D eigenvalue weighted by molar-refractivity contribution is 7.07. The number of nitrogens with one attached hydrogen (secondary N) is 1. The number of unbranched alkanes of at least 4 members (excludes halogenated alkanes) is 1. The van der Waals surface area contributed by atoms with Crippen LogP contribution in [0.4, 0.5) is 0 Å². The molecule has 1 atom stereocenters. The van der Waals surface area contributed by atoms with E-state index in [1.807, 2.05) is 47.3 Å². The summed E-state index contributed by atoms with van der Waals surface area (Å²) >= 11 is 7.95. The second-order valence-electron chi connectivity index (χ2n) is 7.05. The number of nitrogens with zero attached hydrogens (tertiary/aromatic N) is 2. The van der Waals surface area contributed by atoms with Crippen molar-refractivity contribution < 1.29 is 9.90 Å².